The Hall–Kier alpha value is -0.490. The highest BCUT2D eigenvalue weighted by molar-refractivity contribution is 6.20. The van der Waals surface area contributed by atoms with E-state index in [9.17, 15) is 0 Å². The Labute approximate surface area is 122 Å². The number of alkyl halides is 1. The van der Waals surface area contributed by atoms with Crippen molar-refractivity contribution in [3.63, 3.8) is 0 Å². The predicted octanol–water partition coefficient (Wildman–Crippen LogP) is 5.28. The van der Waals surface area contributed by atoms with Gasteiger partial charge in [0, 0.05) is 5.38 Å². The van der Waals surface area contributed by atoms with Crippen LogP contribution >= 0.6 is 11.6 Å². The molecule has 1 aromatic carbocycles. The summed E-state index contributed by atoms with van der Waals surface area (Å²) in [6, 6.07) is 6.79. The van der Waals surface area contributed by atoms with Gasteiger partial charge in [-0.1, -0.05) is 24.6 Å². The van der Waals surface area contributed by atoms with Crippen molar-refractivity contribution in [2.75, 3.05) is 0 Å². The van der Waals surface area contributed by atoms with Gasteiger partial charge in [0.2, 0.25) is 0 Å². The number of hydrogen-bond donors (Lipinski definition) is 0. The summed E-state index contributed by atoms with van der Waals surface area (Å²) < 4.78 is 0. The first-order valence-electron chi connectivity index (χ1n) is 7.82. The number of aryl methyl sites for hydroxylation is 2. The third kappa shape index (κ3) is 2.99. The molecule has 1 heteroatoms. The molecule has 2 fully saturated rings. The van der Waals surface area contributed by atoms with E-state index in [4.69, 9.17) is 11.6 Å². The zero-order chi connectivity index (χ0) is 13.4. The molecule has 4 unspecified atom stereocenters. The van der Waals surface area contributed by atoms with Crippen molar-refractivity contribution in [2.45, 2.75) is 57.7 Å². The Morgan fingerprint density at radius 3 is 2.63 bits per heavy atom. The molecule has 3 rings (SSSR count). The molecule has 2 saturated carbocycles. The number of hydrogen-bond acceptors (Lipinski definition) is 0. The van der Waals surface area contributed by atoms with Gasteiger partial charge >= 0.3 is 0 Å². The molecule has 0 aromatic heterocycles. The predicted molar refractivity (Wildman–Crippen MR) is 82.8 cm³/mol. The quantitative estimate of drug-likeness (QED) is 0.657. The second kappa shape index (κ2) is 5.48. The van der Waals surface area contributed by atoms with Gasteiger partial charge in [-0.25, -0.2) is 0 Å². The lowest BCUT2D eigenvalue weighted by molar-refractivity contribution is 0.310. The SMILES string of the molecule is Cc1ccc(CC(Cl)CC2CC3CCC2C3)cc1C. The van der Waals surface area contributed by atoms with Crippen LogP contribution in [0.4, 0.5) is 0 Å². The van der Waals surface area contributed by atoms with E-state index in [0.717, 1.165) is 24.2 Å². The van der Waals surface area contributed by atoms with Gasteiger partial charge in [-0.2, -0.15) is 0 Å². The van der Waals surface area contributed by atoms with E-state index in [2.05, 4.69) is 32.0 Å². The summed E-state index contributed by atoms with van der Waals surface area (Å²) in [5, 5.41) is 0.325. The zero-order valence-corrected chi connectivity index (χ0v) is 12.9. The highest BCUT2D eigenvalue weighted by Gasteiger charge is 2.39. The van der Waals surface area contributed by atoms with Crippen molar-refractivity contribution in [1.82, 2.24) is 0 Å². The van der Waals surface area contributed by atoms with Crippen molar-refractivity contribution >= 4 is 11.6 Å². The number of rotatable bonds is 4. The minimum absolute atomic E-state index is 0.325. The highest BCUT2D eigenvalue weighted by Crippen LogP contribution is 2.50. The van der Waals surface area contributed by atoms with E-state index < -0.39 is 0 Å². The van der Waals surface area contributed by atoms with Crippen LogP contribution in [0.15, 0.2) is 18.2 Å². The third-order valence-electron chi connectivity index (χ3n) is 5.47. The van der Waals surface area contributed by atoms with Crippen LogP contribution in [0.1, 0.15) is 48.8 Å². The van der Waals surface area contributed by atoms with Gasteiger partial charge in [0.25, 0.3) is 0 Å². The smallest absolute Gasteiger partial charge is 0.0379 e. The minimum Gasteiger partial charge on any atom is -0.123 e. The molecular weight excluding hydrogens is 252 g/mol. The molecule has 0 spiro atoms. The largest absolute Gasteiger partial charge is 0.123 e. The van der Waals surface area contributed by atoms with E-state index in [1.54, 1.807) is 0 Å². The Kier molecular flexibility index (Phi) is 3.89. The summed E-state index contributed by atoms with van der Waals surface area (Å²) in [5.41, 5.74) is 4.18. The van der Waals surface area contributed by atoms with Gasteiger partial charge in [0.1, 0.15) is 0 Å². The van der Waals surface area contributed by atoms with Gasteiger partial charge in [-0.3, -0.25) is 0 Å². The van der Waals surface area contributed by atoms with Crippen LogP contribution in [0, 0.1) is 31.6 Å². The molecule has 0 saturated heterocycles. The molecule has 0 heterocycles. The normalized spacial score (nSPS) is 30.8. The summed E-state index contributed by atoms with van der Waals surface area (Å²) in [6.45, 7) is 4.37. The van der Waals surface area contributed by atoms with E-state index in [0.29, 0.717) is 5.38 Å². The lowest BCUT2D eigenvalue weighted by Gasteiger charge is -2.24. The van der Waals surface area contributed by atoms with Gasteiger partial charge < -0.3 is 0 Å². The molecule has 19 heavy (non-hydrogen) atoms. The standard InChI is InChI=1S/C18H25Cl/c1-12-3-4-14(7-13(12)2)10-18(19)11-17-9-15-5-6-16(17)8-15/h3-4,7,15-18H,5-6,8-11H2,1-2H3. The van der Waals surface area contributed by atoms with Crippen molar-refractivity contribution in [1.29, 1.82) is 0 Å². The van der Waals surface area contributed by atoms with E-state index in [-0.39, 0.29) is 0 Å². The lowest BCUT2D eigenvalue weighted by atomic mass is 9.84. The van der Waals surface area contributed by atoms with Crippen molar-refractivity contribution in [3.8, 4) is 0 Å². The summed E-state index contributed by atoms with van der Waals surface area (Å²) in [4.78, 5) is 0. The first-order chi connectivity index (χ1) is 9.11. The van der Waals surface area contributed by atoms with Crippen LogP contribution in [-0.2, 0) is 6.42 Å². The molecule has 2 aliphatic carbocycles. The van der Waals surface area contributed by atoms with Crippen LogP contribution < -0.4 is 0 Å². The van der Waals surface area contributed by atoms with E-state index in [1.165, 1.54) is 48.8 Å². The molecule has 0 nitrogen and oxygen atoms in total. The summed E-state index contributed by atoms with van der Waals surface area (Å²) in [7, 11) is 0. The van der Waals surface area contributed by atoms with Crippen LogP contribution in [0.2, 0.25) is 0 Å². The minimum atomic E-state index is 0.325. The highest BCUT2D eigenvalue weighted by atomic mass is 35.5. The average Bonchev–Trinajstić information content (AvgIpc) is 2.96. The average molecular weight is 277 g/mol. The van der Waals surface area contributed by atoms with Gasteiger partial charge in [-0.05, 0) is 80.4 Å². The van der Waals surface area contributed by atoms with Crippen molar-refractivity contribution in [2.24, 2.45) is 17.8 Å². The fourth-order valence-electron chi connectivity index (χ4n) is 4.26. The Balaban J connectivity index is 1.56. The monoisotopic (exact) mass is 276 g/mol. The van der Waals surface area contributed by atoms with Gasteiger partial charge in [-0.15, -0.1) is 11.6 Å². The fraction of sp³-hybridized carbons (Fsp3) is 0.667. The van der Waals surface area contributed by atoms with E-state index >= 15 is 0 Å². The van der Waals surface area contributed by atoms with Crippen molar-refractivity contribution in [3.05, 3.63) is 34.9 Å². The molecule has 0 radical (unpaired) electrons. The molecule has 4 atom stereocenters. The van der Waals surface area contributed by atoms with Crippen molar-refractivity contribution < 1.29 is 0 Å². The van der Waals surface area contributed by atoms with Gasteiger partial charge in [0.15, 0.2) is 0 Å². The molecule has 0 N–H and O–H groups in total. The summed E-state index contributed by atoms with van der Waals surface area (Å²) in [6.07, 6.45) is 8.19. The third-order valence-corrected chi connectivity index (χ3v) is 5.80. The number of halogens is 1. The summed E-state index contributed by atoms with van der Waals surface area (Å²) in [5.74, 6) is 2.97. The zero-order valence-electron chi connectivity index (χ0n) is 12.2. The molecule has 0 amide bonds. The topological polar surface area (TPSA) is 0 Å². The summed E-state index contributed by atoms with van der Waals surface area (Å²) >= 11 is 6.62. The lowest BCUT2D eigenvalue weighted by Crippen LogP contribution is -2.17. The second-order valence-electron chi connectivity index (χ2n) is 6.89. The molecule has 0 aliphatic heterocycles. The maximum atomic E-state index is 6.62. The fourth-order valence-corrected chi connectivity index (χ4v) is 4.67. The molecule has 104 valence electrons. The first-order valence-corrected chi connectivity index (χ1v) is 8.25. The van der Waals surface area contributed by atoms with E-state index in [1.807, 2.05) is 0 Å². The molecule has 2 bridgehead atoms. The van der Waals surface area contributed by atoms with Crippen LogP contribution in [0.3, 0.4) is 0 Å². The second-order valence-corrected chi connectivity index (χ2v) is 7.51. The molecule has 2 aliphatic rings. The van der Waals surface area contributed by atoms with Crippen LogP contribution in [-0.4, -0.2) is 5.38 Å². The molecular formula is C18H25Cl. The van der Waals surface area contributed by atoms with Crippen LogP contribution in [0.25, 0.3) is 0 Å². The number of fused-ring (bicyclic) bond motifs is 2. The Bertz CT molecular complexity index is 451. The first kappa shape index (κ1) is 13.5. The maximum absolute atomic E-state index is 6.62. The Morgan fingerprint density at radius 1 is 1.16 bits per heavy atom. The molecule has 1 aromatic rings. The number of benzene rings is 1. The van der Waals surface area contributed by atoms with Crippen LogP contribution in [0.5, 0.6) is 0 Å². The maximum Gasteiger partial charge on any atom is 0.0379 e. The Morgan fingerprint density at radius 2 is 2.00 bits per heavy atom. The van der Waals surface area contributed by atoms with Gasteiger partial charge in [0.05, 0.1) is 0 Å².